The predicted octanol–water partition coefficient (Wildman–Crippen LogP) is 3.58. The Morgan fingerprint density at radius 1 is 1.22 bits per heavy atom. The van der Waals surface area contributed by atoms with Gasteiger partial charge in [0.2, 0.25) is 0 Å². The Morgan fingerprint density at radius 2 is 2.00 bits per heavy atom. The maximum atomic E-state index is 14.2. The summed E-state index contributed by atoms with van der Waals surface area (Å²) >= 11 is 0. The highest BCUT2D eigenvalue weighted by atomic mass is 19.1. The van der Waals surface area contributed by atoms with E-state index in [2.05, 4.69) is 11.0 Å². The van der Waals surface area contributed by atoms with Crippen molar-refractivity contribution in [3.05, 3.63) is 58.4 Å². The minimum absolute atomic E-state index is 0.0804. The second-order valence-electron chi connectivity index (χ2n) is 7.34. The number of aryl methyl sites for hydroxylation is 1. The fourth-order valence-corrected chi connectivity index (χ4v) is 4.05. The van der Waals surface area contributed by atoms with Gasteiger partial charge in [-0.3, -0.25) is 4.79 Å². The summed E-state index contributed by atoms with van der Waals surface area (Å²) in [4.78, 5) is 15.2. The largest absolute Gasteiger partial charge is 0.495 e. The smallest absolute Gasteiger partial charge is 0.167 e. The van der Waals surface area contributed by atoms with Gasteiger partial charge in [-0.15, -0.1) is 0 Å². The van der Waals surface area contributed by atoms with Crippen LogP contribution < -0.4 is 9.64 Å². The zero-order valence-electron chi connectivity index (χ0n) is 15.8. The van der Waals surface area contributed by atoms with Crippen molar-refractivity contribution < 1.29 is 18.7 Å². The van der Waals surface area contributed by atoms with Crippen LogP contribution in [0.4, 0.5) is 10.1 Å². The fourth-order valence-electron chi connectivity index (χ4n) is 4.05. The van der Waals surface area contributed by atoms with Gasteiger partial charge in [0.15, 0.2) is 5.78 Å². The lowest BCUT2D eigenvalue weighted by atomic mass is 9.95. The monoisotopic (exact) mass is 369 g/mol. The molecule has 27 heavy (non-hydrogen) atoms. The molecule has 1 unspecified atom stereocenters. The average molecular weight is 369 g/mol. The Morgan fingerprint density at radius 3 is 2.70 bits per heavy atom. The van der Waals surface area contributed by atoms with E-state index in [0.29, 0.717) is 42.9 Å². The van der Waals surface area contributed by atoms with Crippen LogP contribution in [0.1, 0.15) is 27.0 Å². The number of rotatable bonds is 4. The van der Waals surface area contributed by atoms with Crippen LogP contribution in [0.3, 0.4) is 0 Å². The molecule has 1 aliphatic heterocycles. The zero-order valence-corrected chi connectivity index (χ0v) is 15.8. The van der Waals surface area contributed by atoms with E-state index < -0.39 is 0 Å². The van der Waals surface area contributed by atoms with Gasteiger partial charge in [-0.05, 0) is 54.7 Å². The van der Waals surface area contributed by atoms with E-state index in [1.807, 2.05) is 19.1 Å². The Hall–Kier alpha value is -2.40. The lowest BCUT2D eigenvalue weighted by Crippen LogP contribution is -2.36. The molecule has 0 bridgehead atoms. The second kappa shape index (κ2) is 7.31. The van der Waals surface area contributed by atoms with E-state index >= 15 is 0 Å². The third-order valence-corrected chi connectivity index (χ3v) is 5.53. The lowest BCUT2D eigenvalue weighted by molar-refractivity contribution is 0.0935. The first kappa shape index (κ1) is 18.0. The minimum Gasteiger partial charge on any atom is -0.495 e. The first-order valence-corrected chi connectivity index (χ1v) is 9.39. The number of Topliss-reactive ketones (excluding diaryl/α,β-unsaturated/α-hetero) is 1. The number of benzene rings is 2. The summed E-state index contributed by atoms with van der Waals surface area (Å²) in [5.74, 6) is 0.343. The topological polar surface area (TPSA) is 38.8 Å². The van der Waals surface area contributed by atoms with Gasteiger partial charge in [0.1, 0.15) is 11.6 Å². The highest BCUT2D eigenvalue weighted by Crippen LogP contribution is 2.38. The van der Waals surface area contributed by atoms with Crippen molar-refractivity contribution in [2.45, 2.75) is 19.8 Å². The lowest BCUT2D eigenvalue weighted by Gasteiger charge is -2.30. The summed E-state index contributed by atoms with van der Waals surface area (Å²) in [6.45, 7) is 4.86. The first-order valence-electron chi connectivity index (χ1n) is 9.39. The summed E-state index contributed by atoms with van der Waals surface area (Å²) in [6.07, 6.45) is 1.07. The molecule has 1 heterocycles. The van der Waals surface area contributed by atoms with Crippen LogP contribution in [-0.2, 0) is 17.6 Å². The van der Waals surface area contributed by atoms with Crippen molar-refractivity contribution in [2.75, 3.05) is 38.3 Å². The Bertz CT molecular complexity index is 874. The molecule has 0 amide bonds. The van der Waals surface area contributed by atoms with Gasteiger partial charge in [-0.2, -0.15) is 0 Å². The van der Waals surface area contributed by atoms with Crippen molar-refractivity contribution in [1.82, 2.24) is 0 Å². The summed E-state index contributed by atoms with van der Waals surface area (Å²) in [5.41, 5.74) is 4.24. The molecule has 0 N–H and O–H groups in total. The van der Waals surface area contributed by atoms with Crippen LogP contribution in [0.2, 0.25) is 0 Å². The average Bonchev–Trinajstić information content (AvgIpc) is 2.98. The van der Waals surface area contributed by atoms with Crippen LogP contribution in [0.15, 0.2) is 30.3 Å². The molecular weight excluding hydrogens is 345 g/mol. The van der Waals surface area contributed by atoms with Gasteiger partial charge >= 0.3 is 0 Å². The van der Waals surface area contributed by atoms with Crippen LogP contribution in [0.25, 0.3) is 0 Å². The molecule has 5 heteroatoms. The number of nitrogens with zero attached hydrogens (tertiary/aromatic N) is 1. The van der Waals surface area contributed by atoms with E-state index in [1.165, 1.54) is 6.07 Å². The fraction of sp³-hybridized carbons (Fsp3) is 0.409. The normalized spacial score (nSPS) is 19.3. The summed E-state index contributed by atoms with van der Waals surface area (Å²) in [6, 6.07) is 9.14. The number of morpholine rings is 1. The molecule has 1 atom stereocenters. The number of ether oxygens (including phenoxy) is 2. The number of fused-ring (bicyclic) bond motifs is 1. The highest BCUT2D eigenvalue weighted by Gasteiger charge is 2.33. The third-order valence-electron chi connectivity index (χ3n) is 5.53. The van der Waals surface area contributed by atoms with Crippen molar-refractivity contribution in [1.29, 1.82) is 0 Å². The van der Waals surface area contributed by atoms with Crippen LogP contribution >= 0.6 is 0 Å². The van der Waals surface area contributed by atoms with E-state index in [9.17, 15) is 9.18 Å². The number of ketones is 1. The summed E-state index contributed by atoms with van der Waals surface area (Å²) < 4.78 is 25.2. The summed E-state index contributed by atoms with van der Waals surface area (Å²) in [7, 11) is 1.63. The van der Waals surface area contributed by atoms with Crippen molar-refractivity contribution in [3.8, 4) is 5.75 Å². The van der Waals surface area contributed by atoms with E-state index in [-0.39, 0.29) is 17.5 Å². The molecule has 4 nitrogen and oxygen atoms in total. The van der Waals surface area contributed by atoms with Crippen LogP contribution in [0.5, 0.6) is 5.75 Å². The number of halogens is 1. The number of hydrogen-bond donors (Lipinski definition) is 0. The molecule has 0 saturated carbocycles. The molecule has 1 fully saturated rings. The van der Waals surface area contributed by atoms with Crippen LogP contribution in [0, 0.1) is 18.7 Å². The van der Waals surface area contributed by atoms with Gasteiger partial charge < -0.3 is 14.4 Å². The molecule has 1 aliphatic carbocycles. The Balaban J connectivity index is 1.61. The van der Waals surface area contributed by atoms with Crippen molar-refractivity contribution in [2.24, 2.45) is 5.92 Å². The Kier molecular flexibility index (Phi) is 4.87. The number of methoxy groups -OCH3 is 1. The Labute approximate surface area is 158 Å². The molecule has 2 aliphatic rings. The quantitative estimate of drug-likeness (QED) is 0.826. The maximum absolute atomic E-state index is 14.2. The van der Waals surface area contributed by atoms with Crippen molar-refractivity contribution >= 4 is 11.5 Å². The van der Waals surface area contributed by atoms with Crippen LogP contribution in [-0.4, -0.2) is 39.2 Å². The molecular formula is C22H24FNO3. The number of hydrogen-bond acceptors (Lipinski definition) is 4. The van der Waals surface area contributed by atoms with Gasteiger partial charge in [-0.1, -0.05) is 12.1 Å². The van der Waals surface area contributed by atoms with Gasteiger partial charge in [0.05, 0.1) is 26.0 Å². The van der Waals surface area contributed by atoms with Gasteiger partial charge in [0, 0.05) is 24.6 Å². The predicted molar refractivity (Wildman–Crippen MR) is 102 cm³/mol. The van der Waals surface area contributed by atoms with E-state index in [0.717, 1.165) is 29.9 Å². The maximum Gasteiger partial charge on any atom is 0.167 e. The summed E-state index contributed by atoms with van der Waals surface area (Å²) in [5, 5.41) is 0. The van der Waals surface area contributed by atoms with Crippen molar-refractivity contribution in [3.63, 3.8) is 0 Å². The molecule has 4 rings (SSSR count). The van der Waals surface area contributed by atoms with E-state index in [1.54, 1.807) is 13.2 Å². The zero-order chi connectivity index (χ0) is 19.0. The minimum atomic E-state index is -0.231. The second-order valence-corrected chi connectivity index (χ2v) is 7.34. The molecule has 2 aromatic rings. The SMILES string of the molecule is COc1cc2c(cc1N1CCOCC1)CC(Cc1ccc(C)cc1F)C2=O. The molecule has 1 saturated heterocycles. The molecule has 142 valence electrons. The van der Waals surface area contributed by atoms with Gasteiger partial charge in [0.25, 0.3) is 0 Å². The molecule has 2 aromatic carbocycles. The molecule has 0 spiro atoms. The third kappa shape index (κ3) is 3.44. The number of anilines is 1. The number of carbonyl (C=O) groups excluding carboxylic acids is 1. The molecule has 0 aromatic heterocycles. The standard InChI is InChI=1S/C22H24FNO3/c1-14-3-4-15(19(23)9-14)10-17-11-16-12-20(24-5-7-27-8-6-24)21(26-2)13-18(16)22(17)25/h3-4,9,12-13,17H,5-8,10-11H2,1-2H3. The first-order chi connectivity index (χ1) is 13.1. The highest BCUT2D eigenvalue weighted by molar-refractivity contribution is 6.03. The van der Waals surface area contributed by atoms with Gasteiger partial charge in [-0.25, -0.2) is 4.39 Å². The molecule has 0 radical (unpaired) electrons. The van der Waals surface area contributed by atoms with E-state index in [4.69, 9.17) is 9.47 Å². The number of carbonyl (C=O) groups is 1.